The molecule has 4 heteroatoms. The van der Waals surface area contributed by atoms with E-state index in [9.17, 15) is 5.11 Å². The lowest BCUT2D eigenvalue weighted by atomic mass is 9.65. The molecule has 5 rings (SSSR count). The fraction of sp³-hybridized carbons (Fsp3) is 0.400. The van der Waals surface area contributed by atoms with Gasteiger partial charge in [-0.05, 0) is 49.7 Å². The van der Waals surface area contributed by atoms with Gasteiger partial charge in [-0.2, -0.15) is 0 Å². The summed E-state index contributed by atoms with van der Waals surface area (Å²) in [6.07, 6.45) is 24.4. The van der Waals surface area contributed by atoms with Crippen molar-refractivity contribution in [3.8, 4) is 0 Å². The standard InChI is InChI=1S/C25H28N2O2/c1-29-24-15-22(26-25(27-24)20-12-6-7-13-23(20)28)21-14-16-8-2-3-9-17(16)18-10-4-5-11-19(18)21/h2-4,7-10,13,15-17,21,25-26,28H,5-6,11-12,14H2,1H3. The molecule has 4 atom stereocenters. The maximum atomic E-state index is 10.4. The Hall–Kier alpha value is -2.75. The van der Waals surface area contributed by atoms with Gasteiger partial charge >= 0.3 is 0 Å². The van der Waals surface area contributed by atoms with Crippen molar-refractivity contribution in [1.29, 1.82) is 0 Å². The summed E-state index contributed by atoms with van der Waals surface area (Å²) >= 11 is 0. The van der Waals surface area contributed by atoms with Gasteiger partial charge in [-0.3, -0.25) is 0 Å². The Balaban J connectivity index is 1.52. The van der Waals surface area contributed by atoms with Gasteiger partial charge in [0.05, 0.1) is 7.11 Å². The highest BCUT2D eigenvalue weighted by Gasteiger charge is 2.38. The molecule has 5 aliphatic rings. The average Bonchev–Trinajstić information content (AvgIpc) is 2.78. The maximum absolute atomic E-state index is 10.4. The molecule has 0 aromatic heterocycles. The van der Waals surface area contributed by atoms with Crippen LogP contribution in [0.4, 0.5) is 0 Å². The number of aliphatic hydroxyl groups excluding tert-OH is 1. The Morgan fingerprint density at radius 3 is 2.69 bits per heavy atom. The third-order valence-electron chi connectivity index (χ3n) is 6.72. The maximum Gasteiger partial charge on any atom is 0.212 e. The highest BCUT2D eigenvalue weighted by molar-refractivity contribution is 5.89. The van der Waals surface area contributed by atoms with Crippen LogP contribution in [-0.4, -0.2) is 24.3 Å². The molecular formula is C25H28N2O2. The van der Waals surface area contributed by atoms with E-state index < -0.39 is 0 Å². The molecule has 4 aliphatic carbocycles. The van der Waals surface area contributed by atoms with Gasteiger partial charge in [0.25, 0.3) is 0 Å². The monoisotopic (exact) mass is 388 g/mol. The highest BCUT2D eigenvalue weighted by atomic mass is 16.5. The third kappa shape index (κ3) is 3.31. The lowest BCUT2D eigenvalue weighted by molar-refractivity contribution is 0.361. The summed E-state index contributed by atoms with van der Waals surface area (Å²) < 4.78 is 5.57. The molecule has 1 heterocycles. The van der Waals surface area contributed by atoms with Crippen LogP contribution in [0.1, 0.15) is 32.1 Å². The van der Waals surface area contributed by atoms with Crippen LogP contribution in [0.3, 0.4) is 0 Å². The van der Waals surface area contributed by atoms with Gasteiger partial charge in [-0.25, -0.2) is 4.99 Å². The molecule has 0 bridgehead atoms. The molecule has 4 nitrogen and oxygen atoms in total. The SMILES string of the molecule is COC1=NC(C2=C(O)C=CCC2)NC(C2CC3C=CC=CC3C3=C2CCC=C3)=C1. The number of methoxy groups -OCH3 is 1. The molecule has 0 aromatic rings. The Kier molecular flexibility index (Phi) is 4.78. The summed E-state index contributed by atoms with van der Waals surface area (Å²) in [5, 5.41) is 14.1. The van der Waals surface area contributed by atoms with Gasteiger partial charge in [0.2, 0.25) is 5.90 Å². The zero-order valence-electron chi connectivity index (χ0n) is 16.8. The van der Waals surface area contributed by atoms with E-state index in [1.807, 2.05) is 6.08 Å². The van der Waals surface area contributed by atoms with Crippen molar-refractivity contribution in [2.24, 2.45) is 22.7 Å². The number of fused-ring (bicyclic) bond motifs is 2. The van der Waals surface area contributed by atoms with E-state index in [0.717, 1.165) is 37.7 Å². The molecule has 0 saturated heterocycles. The third-order valence-corrected chi connectivity index (χ3v) is 6.72. The Morgan fingerprint density at radius 1 is 1.07 bits per heavy atom. The number of ether oxygens (including phenoxy) is 1. The number of nitrogens with zero attached hydrogens (tertiary/aromatic N) is 1. The van der Waals surface area contributed by atoms with Crippen LogP contribution >= 0.6 is 0 Å². The summed E-state index contributed by atoms with van der Waals surface area (Å²) in [4.78, 5) is 4.70. The zero-order chi connectivity index (χ0) is 19.8. The molecule has 2 N–H and O–H groups in total. The van der Waals surface area contributed by atoms with E-state index in [1.165, 1.54) is 11.3 Å². The van der Waals surface area contributed by atoms with Gasteiger partial charge in [0, 0.05) is 29.2 Å². The molecule has 0 aromatic carbocycles. The second kappa shape index (κ2) is 7.58. The Bertz CT molecular complexity index is 942. The lowest BCUT2D eigenvalue weighted by Gasteiger charge is -2.41. The van der Waals surface area contributed by atoms with Crippen molar-refractivity contribution in [1.82, 2.24) is 5.32 Å². The molecule has 0 saturated carbocycles. The van der Waals surface area contributed by atoms with Crippen LogP contribution in [0.2, 0.25) is 0 Å². The van der Waals surface area contributed by atoms with E-state index in [1.54, 1.807) is 18.8 Å². The van der Waals surface area contributed by atoms with Crippen LogP contribution in [0.15, 0.2) is 87.9 Å². The molecule has 0 radical (unpaired) electrons. The minimum atomic E-state index is -0.266. The summed E-state index contributed by atoms with van der Waals surface area (Å²) in [5.74, 6) is 2.31. The summed E-state index contributed by atoms with van der Waals surface area (Å²) in [5.41, 5.74) is 5.15. The first-order valence-corrected chi connectivity index (χ1v) is 10.7. The minimum absolute atomic E-state index is 0.266. The molecule has 150 valence electrons. The van der Waals surface area contributed by atoms with Crippen molar-refractivity contribution in [3.63, 3.8) is 0 Å². The molecule has 0 fully saturated rings. The molecule has 29 heavy (non-hydrogen) atoms. The first kappa shape index (κ1) is 18.3. The number of allylic oxidation sites excluding steroid dienone is 10. The lowest BCUT2D eigenvalue weighted by Crippen LogP contribution is -2.40. The number of hydrogen-bond acceptors (Lipinski definition) is 4. The summed E-state index contributed by atoms with van der Waals surface area (Å²) in [6.45, 7) is 0. The van der Waals surface area contributed by atoms with E-state index in [-0.39, 0.29) is 6.17 Å². The number of nitrogens with one attached hydrogen (secondary N) is 1. The number of aliphatic imine (C=N–C) groups is 1. The first-order valence-electron chi connectivity index (χ1n) is 10.7. The smallest absolute Gasteiger partial charge is 0.212 e. The van der Waals surface area contributed by atoms with Crippen molar-refractivity contribution in [2.75, 3.05) is 7.11 Å². The predicted octanol–water partition coefficient (Wildman–Crippen LogP) is 5.03. The van der Waals surface area contributed by atoms with Crippen molar-refractivity contribution >= 4 is 5.90 Å². The van der Waals surface area contributed by atoms with E-state index in [0.29, 0.717) is 29.4 Å². The Labute approximate surface area is 172 Å². The predicted molar refractivity (Wildman–Crippen MR) is 116 cm³/mol. The van der Waals surface area contributed by atoms with Gasteiger partial charge in [0.15, 0.2) is 0 Å². The van der Waals surface area contributed by atoms with Gasteiger partial charge in [0.1, 0.15) is 11.9 Å². The quantitative estimate of drug-likeness (QED) is 0.697. The zero-order valence-corrected chi connectivity index (χ0v) is 16.8. The van der Waals surface area contributed by atoms with Crippen LogP contribution in [-0.2, 0) is 4.74 Å². The second-order valence-corrected chi connectivity index (χ2v) is 8.34. The normalized spacial score (nSPS) is 33.0. The van der Waals surface area contributed by atoms with Crippen molar-refractivity contribution in [3.05, 3.63) is 82.9 Å². The summed E-state index contributed by atoms with van der Waals surface area (Å²) in [6, 6.07) is 0. The van der Waals surface area contributed by atoms with E-state index >= 15 is 0 Å². The largest absolute Gasteiger partial charge is 0.508 e. The molecule has 1 aliphatic heterocycles. The molecule has 0 amide bonds. The Morgan fingerprint density at radius 2 is 1.86 bits per heavy atom. The summed E-state index contributed by atoms with van der Waals surface area (Å²) in [7, 11) is 1.67. The number of rotatable bonds is 2. The van der Waals surface area contributed by atoms with E-state index in [2.05, 4.69) is 47.8 Å². The van der Waals surface area contributed by atoms with Crippen LogP contribution < -0.4 is 5.32 Å². The minimum Gasteiger partial charge on any atom is -0.508 e. The van der Waals surface area contributed by atoms with Crippen LogP contribution in [0, 0.1) is 17.8 Å². The number of aliphatic hydroxyl groups is 1. The topological polar surface area (TPSA) is 53.9 Å². The van der Waals surface area contributed by atoms with Gasteiger partial charge in [-0.15, -0.1) is 0 Å². The van der Waals surface area contributed by atoms with E-state index in [4.69, 9.17) is 9.73 Å². The van der Waals surface area contributed by atoms with Gasteiger partial charge in [-0.1, -0.05) is 48.1 Å². The molecule has 4 unspecified atom stereocenters. The van der Waals surface area contributed by atoms with Crippen LogP contribution in [0.25, 0.3) is 0 Å². The average molecular weight is 389 g/mol. The molecular weight excluding hydrogens is 360 g/mol. The fourth-order valence-electron chi connectivity index (χ4n) is 5.30. The first-order chi connectivity index (χ1) is 14.2. The highest BCUT2D eigenvalue weighted by Crippen LogP contribution is 2.47. The number of hydrogen-bond donors (Lipinski definition) is 2. The fourth-order valence-corrected chi connectivity index (χ4v) is 5.30. The van der Waals surface area contributed by atoms with Crippen LogP contribution in [0.5, 0.6) is 0 Å². The van der Waals surface area contributed by atoms with Crippen molar-refractivity contribution in [2.45, 2.75) is 38.3 Å². The van der Waals surface area contributed by atoms with Gasteiger partial charge < -0.3 is 15.2 Å². The second-order valence-electron chi connectivity index (χ2n) is 8.34. The molecule has 0 spiro atoms. The van der Waals surface area contributed by atoms with Crippen molar-refractivity contribution < 1.29 is 9.84 Å².